The monoisotopic (exact) mass is 214 g/mol. The predicted molar refractivity (Wildman–Crippen MR) is 59.5 cm³/mol. The Kier molecular flexibility index (Phi) is 1.83. The first kappa shape index (κ1) is 9.15. The molecule has 0 bridgehead atoms. The average Bonchev–Trinajstić information content (AvgIpc) is 2.50. The zero-order valence-electron chi connectivity index (χ0n) is 8.53. The summed E-state index contributed by atoms with van der Waals surface area (Å²) in [7, 11) is 0. The average molecular weight is 214 g/mol. The number of aromatic amines is 1. The van der Waals surface area contributed by atoms with Crippen molar-refractivity contribution in [2.45, 2.75) is 12.8 Å². The van der Waals surface area contributed by atoms with Gasteiger partial charge in [-0.3, -0.25) is 5.10 Å². The Morgan fingerprint density at radius 2 is 2.38 bits per heavy atom. The highest BCUT2D eigenvalue weighted by atomic mass is 16.4. The fraction of sp³-hybridized carbons (Fsp3) is 0.167. The molecule has 0 aromatic carbocycles. The maximum Gasteiger partial charge on any atom is 0.336 e. The molecule has 2 N–H and O–H groups in total. The van der Waals surface area contributed by atoms with Crippen LogP contribution in [0.15, 0.2) is 18.3 Å². The molecule has 4 heteroatoms. The van der Waals surface area contributed by atoms with Crippen LogP contribution in [0.1, 0.15) is 28.0 Å². The maximum atomic E-state index is 11.1. The van der Waals surface area contributed by atoms with Crippen LogP contribution >= 0.6 is 0 Å². The number of allylic oxidation sites excluding steroid dienone is 1. The smallest absolute Gasteiger partial charge is 0.336 e. The number of aromatic nitrogens is 2. The minimum Gasteiger partial charge on any atom is -0.478 e. The van der Waals surface area contributed by atoms with Crippen LogP contribution in [0.25, 0.3) is 17.2 Å². The first-order valence-electron chi connectivity index (χ1n) is 5.16. The van der Waals surface area contributed by atoms with E-state index in [1.807, 2.05) is 12.2 Å². The van der Waals surface area contributed by atoms with Gasteiger partial charge in [-0.05, 0) is 30.5 Å². The van der Waals surface area contributed by atoms with Crippen molar-refractivity contribution in [2.24, 2.45) is 0 Å². The molecule has 0 amide bonds. The second-order valence-electron chi connectivity index (χ2n) is 3.90. The predicted octanol–water partition coefficient (Wildman–Crippen LogP) is 2.17. The Labute approximate surface area is 91.9 Å². The van der Waals surface area contributed by atoms with Gasteiger partial charge in [0.05, 0.1) is 17.5 Å². The zero-order chi connectivity index (χ0) is 11.1. The molecule has 16 heavy (non-hydrogen) atoms. The van der Waals surface area contributed by atoms with Crippen LogP contribution in [0.4, 0.5) is 0 Å². The van der Waals surface area contributed by atoms with Crippen molar-refractivity contribution in [3.8, 4) is 11.1 Å². The van der Waals surface area contributed by atoms with Gasteiger partial charge < -0.3 is 5.11 Å². The summed E-state index contributed by atoms with van der Waals surface area (Å²) in [6.07, 6.45) is 7.32. The van der Waals surface area contributed by atoms with Crippen LogP contribution in [-0.2, 0) is 6.42 Å². The van der Waals surface area contributed by atoms with E-state index < -0.39 is 5.97 Å². The van der Waals surface area contributed by atoms with Gasteiger partial charge in [-0.15, -0.1) is 0 Å². The Morgan fingerprint density at radius 3 is 3.19 bits per heavy atom. The van der Waals surface area contributed by atoms with Gasteiger partial charge in [0, 0.05) is 11.1 Å². The van der Waals surface area contributed by atoms with E-state index in [0.29, 0.717) is 5.56 Å². The SMILES string of the molecule is O=C(O)c1cc2cn[nH]c3c-2c1CCC=C3. The second kappa shape index (κ2) is 3.20. The molecule has 0 saturated heterocycles. The van der Waals surface area contributed by atoms with Crippen LogP contribution in [0, 0.1) is 0 Å². The largest absolute Gasteiger partial charge is 0.478 e. The molecule has 3 rings (SSSR count). The lowest BCUT2D eigenvalue weighted by molar-refractivity contribution is 0.0696. The molecule has 1 aliphatic heterocycles. The quantitative estimate of drug-likeness (QED) is 0.764. The number of hydrogen-bond donors (Lipinski definition) is 2. The van der Waals surface area contributed by atoms with Crippen molar-refractivity contribution in [3.05, 3.63) is 35.2 Å². The van der Waals surface area contributed by atoms with Gasteiger partial charge in [0.15, 0.2) is 0 Å². The molecule has 0 atom stereocenters. The first-order chi connectivity index (χ1) is 7.77. The standard InChI is InChI=1S/C12H10N2O2/c15-12(16)9-5-7-6-13-14-10-4-2-1-3-8(9)11(7)10/h2,4-6,14H,1,3H2,(H,15,16). The Morgan fingerprint density at radius 1 is 1.50 bits per heavy atom. The van der Waals surface area contributed by atoms with Crippen LogP contribution in [0.5, 0.6) is 0 Å². The summed E-state index contributed by atoms with van der Waals surface area (Å²) in [5.74, 6) is -0.862. The molecule has 0 spiro atoms. The lowest BCUT2D eigenvalue weighted by Crippen LogP contribution is -1.99. The third kappa shape index (κ3) is 1.16. The fourth-order valence-corrected chi connectivity index (χ4v) is 2.27. The van der Waals surface area contributed by atoms with E-state index in [4.69, 9.17) is 5.11 Å². The molecule has 2 aliphatic carbocycles. The summed E-state index contributed by atoms with van der Waals surface area (Å²) in [6.45, 7) is 0. The number of carbonyl (C=O) groups is 1. The van der Waals surface area contributed by atoms with Gasteiger partial charge in [-0.25, -0.2) is 4.79 Å². The van der Waals surface area contributed by atoms with Gasteiger partial charge in [0.1, 0.15) is 0 Å². The van der Waals surface area contributed by atoms with E-state index in [0.717, 1.165) is 35.2 Å². The van der Waals surface area contributed by atoms with Crippen LogP contribution in [0.3, 0.4) is 0 Å². The highest BCUT2D eigenvalue weighted by Crippen LogP contribution is 2.36. The van der Waals surface area contributed by atoms with Crippen molar-refractivity contribution < 1.29 is 9.90 Å². The second-order valence-corrected chi connectivity index (χ2v) is 3.90. The summed E-state index contributed by atoms with van der Waals surface area (Å²) in [5, 5.41) is 16.1. The molecule has 0 unspecified atom stereocenters. The molecule has 0 aromatic rings. The number of aromatic carboxylic acids is 1. The summed E-state index contributed by atoms with van der Waals surface area (Å²) >= 11 is 0. The normalized spacial score (nSPS) is 14.0. The van der Waals surface area contributed by atoms with Crippen molar-refractivity contribution in [2.75, 3.05) is 0 Å². The van der Waals surface area contributed by atoms with E-state index in [1.54, 1.807) is 12.3 Å². The van der Waals surface area contributed by atoms with Crippen LogP contribution < -0.4 is 0 Å². The minimum absolute atomic E-state index is 0.404. The third-order valence-corrected chi connectivity index (χ3v) is 2.95. The molecular formula is C12H10N2O2. The van der Waals surface area contributed by atoms with Gasteiger partial charge in [0.25, 0.3) is 0 Å². The highest BCUT2D eigenvalue weighted by Gasteiger charge is 2.23. The lowest BCUT2D eigenvalue weighted by Gasteiger charge is -2.04. The van der Waals surface area contributed by atoms with Crippen molar-refractivity contribution in [3.63, 3.8) is 0 Å². The fourth-order valence-electron chi connectivity index (χ4n) is 2.27. The Bertz CT molecular complexity index is 569. The third-order valence-electron chi connectivity index (χ3n) is 2.95. The number of carboxylic acid groups (broad SMARTS) is 1. The van der Waals surface area contributed by atoms with Crippen molar-refractivity contribution >= 4 is 12.0 Å². The summed E-state index contributed by atoms with van der Waals surface area (Å²) < 4.78 is 0. The van der Waals surface area contributed by atoms with Gasteiger partial charge >= 0.3 is 5.97 Å². The van der Waals surface area contributed by atoms with Crippen LogP contribution in [-0.4, -0.2) is 21.3 Å². The lowest BCUT2D eigenvalue weighted by atomic mass is 10.0. The van der Waals surface area contributed by atoms with E-state index in [9.17, 15) is 4.79 Å². The molecule has 0 saturated carbocycles. The number of carboxylic acids is 1. The van der Waals surface area contributed by atoms with Gasteiger partial charge in [0.2, 0.25) is 0 Å². The van der Waals surface area contributed by atoms with E-state index >= 15 is 0 Å². The minimum atomic E-state index is -0.862. The number of nitrogens with one attached hydrogen (secondary N) is 1. The first-order valence-corrected chi connectivity index (χ1v) is 5.16. The molecular weight excluding hydrogens is 204 g/mol. The molecule has 1 heterocycles. The van der Waals surface area contributed by atoms with Crippen molar-refractivity contribution in [1.29, 1.82) is 0 Å². The van der Waals surface area contributed by atoms with Gasteiger partial charge in [-0.2, -0.15) is 5.10 Å². The van der Waals surface area contributed by atoms with Crippen LogP contribution in [0.2, 0.25) is 0 Å². The summed E-state index contributed by atoms with van der Waals surface area (Å²) in [4.78, 5) is 11.1. The topological polar surface area (TPSA) is 66.0 Å². The van der Waals surface area contributed by atoms with E-state index in [-0.39, 0.29) is 0 Å². The van der Waals surface area contributed by atoms with Gasteiger partial charge in [-0.1, -0.05) is 6.08 Å². The van der Waals surface area contributed by atoms with E-state index in [2.05, 4.69) is 10.2 Å². The van der Waals surface area contributed by atoms with E-state index in [1.165, 1.54) is 0 Å². The van der Waals surface area contributed by atoms with Crippen molar-refractivity contribution in [1.82, 2.24) is 10.2 Å². The number of H-pyrrole nitrogens is 1. The molecule has 0 aromatic heterocycles. The zero-order valence-corrected chi connectivity index (χ0v) is 8.53. The Hall–Kier alpha value is -2.10. The molecule has 4 nitrogen and oxygen atoms in total. The molecule has 0 radical (unpaired) electrons. The number of nitrogens with zero attached hydrogens (tertiary/aromatic N) is 1. The number of hydrogen-bond acceptors (Lipinski definition) is 2. The molecule has 0 fully saturated rings. The molecule has 80 valence electrons. The maximum absolute atomic E-state index is 11.1. The highest BCUT2D eigenvalue weighted by molar-refractivity contribution is 5.97. The molecule has 3 aliphatic rings. The summed E-state index contributed by atoms with van der Waals surface area (Å²) in [6, 6.07) is 1.70. The number of rotatable bonds is 1. The Balaban J connectivity index is 2.38. The summed E-state index contributed by atoms with van der Waals surface area (Å²) in [5.41, 5.74) is 4.12.